The van der Waals surface area contributed by atoms with Gasteiger partial charge in [-0.05, 0) is 58.7 Å². The fraction of sp³-hybridized carbons (Fsp3) is 0. The molecule has 0 aliphatic carbocycles. The van der Waals surface area contributed by atoms with E-state index in [0.29, 0.717) is 0 Å². The Balaban J connectivity index is 1.67. The average molecular weight is 480 g/mol. The van der Waals surface area contributed by atoms with Gasteiger partial charge in [-0.2, -0.15) is 0 Å². The predicted molar refractivity (Wildman–Crippen MR) is 119 cm³/mol. The molecule has 0 bridgehead atoms. The average Bonchev–Trinajstić information content (AvgIpc) is 2.72. The maximum absolute atomic E-state index is 6.17. The van der Waals surface area contributed by atoms with E-state index in [4.69, 9.17) is 4.74 Å². The highest BCUT2D eigenvalue weighted by molar-refractivity contribution is 9.11. The van der Waals surface area contributed by atoms with E-state index in [1.165, 1.54) is 0 Å². The lowest BCUT2D eigenvalue weighted by atomic mass is 10.1. The number of benzene rings is 4. The van der Waals surface area contributed by atoms with Gasteiger partial charge < -0.3 is 4.74 Å². The highest BCUT2D eigenvalue weighted by Crippen LogP contribution is 2.36. The molecule has 27 heavy (non-hydrogen) atoms. The molecule has 132 valence electrons. The van der Waals surface area contributed by atoms with Crippen LogP contribution in [0.5, 0.6) is 11.5 Å². The number of rotatable bonds is 4. The predicted octanol–water partition coefficient (Wildman–Crippen LogP) is 8.34. The molecule has 0 saturated carbocycles. The third kappa shape index (κ3) is 4.15. The minimum absolute atomic E-state index is 0.804. The number of hydrogen-bond donors (Lipinski definition) is 0. The molecule has 0 aliphatic rings. The van der Waals surface area contributed by atoms with Crippen molar-refractivity contribution in [2.75, 3.05) is 0 Å². The van der Waals surface area contributed by atoms with Crippen LogP contribution in [0.3, 0.4) is 0 Å². The van der Waals surface area contributed by atoms with Crippen LogP contribution in [0.25, 0.3) is 22.3 Å². The molecule has 3 heteroatoms. The maximum Gasteiger partial charge on any atom is 0.128 e. The SMILES string of the molecule is Brc1ccc(Oc2ccc(Br)c(-c3ccccc3)c2)cc1-c1ccccc1. The van der Waals surface area contributed by atoms with E-state index in [0.717, 1.165) is 42.7 Å². The minimum atomic E-state index is 0.804. The summed E-state index contributed by atoms with van der Waals surface area (Å²) in [4.78, 5) is 0. The van der Waals surface area contributed by atoms with E-state index in [1.54, 1.807) is 0 Å². The first-order valence-corrected chi connectivity index (χ1v) is 10.2. The Hall–Kier alpha value is -2.36. The molecule has 0 saturated heterocycles. The van der Waals surface area contributed by atoms with E-state index < -0.39 is 0 Å². The maximum atomic E-state index is 6.17. The molecule has 0 radical (unpaired) electrons. The van der Waals surface area contributed by atoms with Crippen molar-refractivity contribution in [1.29, 1.82) is 0 Å². The minimum Gasteiger partial charge on any atom is -0.457 e. The largest absolute Gasteiger partial charge is 0.457 e. The summed E-state index contributed by atoms with van der Waals surface area (Å²) >= 11 is 7.29. The lowest BCUT2D eigenvalue weighted by Crippen LogP contribution is -1.88. The van der Waals surface area contributed by atoms with Crippen molar-refractivity contribution in [3.63, 3.8) is 0 Å². The molecule has 4 aromatic rings. The van der Waals surface area contributed by atoms with Crippen molar-refractivity contribution in [3.05, 3.63) is 106 Å². The molecule has 4 rings (SSSR count). The Morgan fingerprint density at radius 2 is 0.889 bits per heavy atom. The second kappa shape index (κ2) is 8.12. The van der Waals surface area contributed by atoms with Crippen LogP contribution in [-0.2, 0) is 0 Å². The van der Waals surface area contributed by atoms with Crippen LogP contribution < -0.4 is 4.74 Å². The third-order valence-electron chi connectivity index (χ3n) is 4.28. The summed E-state index contributed by atoms with van der Waals surface area (Å²) in [5.41, 5.74) is 4.51. The first kappa shape index (κ1) is 18.0. The molecule has 0 fully saturated rings. The molecule has 4 aromatic carbocycles. The fourth-order valence-electron chi connectivity index (χ4n) is 2.95. The van der Waals surface area contributed by atoms with Crippen molar-refractivity contribution in [2.45, 2.75) is 0 Å². The first-order chi connectivity index (χ1) is 13.2. The normalized spacial score (nSPS) is 10.6. The van der Waals surface area contributed by atoms with Gasteiger partial charge in [0.2, 0.25) is 0 Å². The monoisotopic (exact) mass is 478 g/mol. The van der Waals surface area contributed by atoms with Crippen molar-refractivity contribution in [2.24, 2.45) is 0 Å². The van der Waals surface area contributed by atoms with E-state index in [9.17, 15) is 0 Å². The van der Waals surface area contributed by atoms with Gasteiger partial charge in [-0.1, -0.05) is 92.5 Å². The molecule has 0 N–H and O–H groups in total. The molecule has 1 nitrogen and oxygen atoms in total. The molecule has 0 unspecified atom stereocenters. The molecular formula is C24H16Br2O. The van der Waals surface area contributed by atoms with Gasteiger partial charge in [0.05, 0.1) is 0 Å². The van der Waals surface area contributed by atoms with E-state index >= 15 is 0 Å². The molecule has 0 aliphatic heterocycles. The van der Waals surface area contributed by atoms with Crippen LogP contribution in [0.1, 0.15) is 0 Å². The third-order valence-corrected chi connectivity index (χ3v) is 5.66. The second-order valence-electron chi connectivity index (χ2n) is 6.12. The van der Waals surface area contributed by atoms with Crippen LogP contribution in [0, 0.1) is 0 Å². The highest BCUT2D eigenvalue weighted by atomic mass is 79.9. The van der Waals surface area contributed by atoms with Gasteiger partial charge in [0.25, 0.3) is 0 Å². The summed E-state index contributed by atoms with van der Waals surface area (Å²) in [6, 6.07) is 32.7. The Kier molecular flexibility index (Phi) is 5.42. The first-order valence-electron chi connectivity index (χ1n) is 8.58. The van der Waals surface area contributed by atoms with Crippen LogP contribution in [0.15, 0.2) is 106 Å². The van der Waals surface area contributed by atoms with Crippen LogP contribution in [0.2, 0.25) is 0 Å². The van der Waals surface area contributed by atoms with Crippen molar-refractivity contribution in [3.8, 4) is 33.8 Å². The second-order valence-corrected chi connectivity index (χ2v) is 7.83. The van der Waals surface area contributed by atoms with Gasteiger partial charge in [0.1, 0.15) is 11.5 Å². The Labute approximate surface area is 175 Å². The van der Waals surface area contributed by atoms with Crippen molar-refractivity contribution < 1.29 is 4.74 Å². The standard InChI is InChI=1S/C24H16Br2O/c25-23-13-11-19(15-21(23)17-7-3-1-4-8-17)27-20-12-14-24(26)22(16-20)18-9-5-2-6-10-18/h1-16H. The Bertz CT molecular complexity index is 973. The highest BCUT2D eigenvalue weighted by Gasteiger charge is 2.08. The topological polar surface area (TPSA) is 9.23 Å². The van der Waals surface area contributed by atoms with Gasteiger partial charge in [-0.3, -0.25) is 0 Å². The van der Waals surface area contributed by atoms with Gasteiger partial charge >= 0.3 is 0 Å². The quantitative estimate of drug-likeness (QED) is 0.285. The summed E-state index contributed by atoms with van der Waals surface area (Å²) in [5, 5.41) is 0. The van der Waals surface area contributed by atoms with Gasteiger partial charge in [-0.25, -0.2) is 0 Å². The van der Waals surface area contributed by atoms with E-state index in [2.05, 4.69) is 68.3 Å². The summed E-state index contributed by atoms with van der Waals surface area (Å²) < 4.78 is 8.26. The van der Waals surface area contributed by atoms with Crippen molar-refractivity contribution in [1.82, 2.24) is 0 Å². The fourth-order valence-corrected chi connectivity index (χ4v) is 3.90. The molecule has 0 amide bonds. The summed E-state index contributed by atoms with van der Waals surface area (Å²) in [5.74, 6) is 1.61. The van der Waals surface area contributed by atoms with Gasteiger partial charge in [-0.15, -0.1) is 0 Å². The zero-order valence-corrected chi connectivity index (χ0v) is 17.6. The smallest absolute Gasteiger partial charge is 0.128 e. The molecule has 0 atom stereocenters. The Morgan fingerprint density at radius 1 is 0.481 bits per heavy atom. The number of hydrogen-bond acceptors (Lipinski definition) is 1. The van der Waals surface area contributed by atoms with E-state index in [1.807, 2.05) is 60.7 Å². The summed E-state index contributed by atoms with van der Waals surface area (Å²) in [6.07, 6.45) is 0. The molecular weight excluding hydrogens is 464 g/mol. The van der Waals surface area contributed by atoms with E-state index in [-0.39, 0.29) is 0 Å². The molecule has 0 aromatic heterocycles. The Morgan fingerprint density at radius 3 is 1.30 bits per heavy atom. The lowest BCUT2D eigenvalue weighted by molar-refractivity contribution is 0.483. The summed E-state index contributed by atoms with van der Waals surface area (Å²) in [6.45, 7) is 0. The summed E-state index contributed by atoms with van der Waals surface area (Å²) in [7, 11) is 0. The van der Waals surface area contributed by atoms with Crippen LogP contribution >= 0.6 is 31.9 Å². The molecule has 0 spiro atoms. The number of ether oxygens (including phenoxy) is 1. The molecule has 0 heterocycles. The van der Waals surface area contributed by atoms with Gasteiger partial charge in [0.15, 0.2) is 0 Å². The number of halogens is 2. The zero-order chi connectivity index (χ0) is 18.6. The van der Waals surface area contributed by atoms with Crippen molar-refractivity contribution >= 4 is 31.9 Å². The van der Waals surface area contributed by atoms with Crippen LogP contribution in [0.4, 0.5) is 0 Å². The van der Waals surface area contributed by atoms with Crippen LogP contribution in [-0.4, -0.2) is 0 Å². The zero-order valence-electron chi connectivity index (χ0n) is 14.4. The lowest BCUT2D eigenvalue weighted by Gasteiger charge is -2.12. The van der Waals surface area contributed by atoms with Gasteiger partial charge in [0, 0.05) is 8.95 Å².